The van der Waals surface area contributed by atoms with Crippen LogP contribution in [0.4, 0.5) is 0 Å². The van der Waals surface area contributed by atoms with Crippen molar-refractivity contribution in [1.82, 2.24) is 14.3 Å². The van der Waals surface area contributed by atoms with Crippen LogP contribution in [0.5, 0.6) is 0 Å². The molecule has 2 N–H and O–H groups in total. The van der Waals surface area contributed by atoms with Crippen LogP contribution in [0.1, 0.15) is 42.0 Å². The molecule has 2 aliphatic carbocycles. The van der Waals surface area contributed by atoms with Gasteiger partial charge in [0.2, 0.25) is 5.91 Å². The van der Waals surface area contributed by atoms with Gasteiger partial charge in [-0.15, -0.1) is 0 Å². The van der Waals surface area contributed by atoms with E-state index in [1.54, 1.807) is 0 Å². The maximum Gasteiger partial charge on any atom is 0.359 e. The lowest BCUT2D eigenvalue weighted by molar-refractivity contribution is -0.133. The molecule has 2 aromatic heterocycles. The van der Waals surface area contributed by atoms with E-state index in [0.717, 1.165) is 63.5 Å². The number of morpholine rings is 1. The van der Waals surface area contributed by atoms with Crippen LogP contribution in [0.15, 0.2) is 24.4 Å². The highest BCUT2D eigenvalue weighted by Gasteiger charge is 2.58. The van der Waals surface area contributed by atoms with Crippen molar-refractivity contribution >= 4 is 17.4 Å². The Morgan fingerprint density at radius 1 is 1.30 bits per heavy atom. The Labute approximate surface area is 175 Å². The van der Waals surface area contributed by atoms with Crippen LogP contribution >= 0.6 is 0 Å². The Bertz CT molecular complexity index is 967. The molecular weight excluding hydrogens is 384 g/mol. The molecule has 3 heterocycles. The highest BCUT2D eigenvalue weighted by molar-refractivity contribution is 5.95. The van der Waals surface area contributed by atoms with Gasteiger partial charge in [-0.3, -0.25) is 9.69 Å². The molecule has 0 aromatic carbocycles. The average Bonchev–Trinajstić information content (AvgIpc) is 3.45. The first-order valence-electron chi connectivity index (χ1n) is 10.8. The largest absolute Gasteiger partial charge is 0.456 e. The van der Waals surface area contributed by atoms with Crippen molar-refractivity contribution in [2.24, 2.45) is 17.1 Å². The number of esters is 1. The van der Waals surface area contributed by atoms with Crippen LogP contribution in [0.2, 0.25) is 0 Å². The molecule has 1 aliphatic heterocycles. The van der Waals surface area contributed by atoms with E-state index in [9.17, 15) is 9.59 Å². The summed E-state index contributed by atoms with van der Waals surface area (Å²) in [6.07, 6.45) is 5.35. The molecule has 1 saturated heterocycles. The molecule has 8 nitrogen and oxygen atoms in total. The Morgan fingerprint density at radius 3 is 2.90 bits per heavy atom. The second-order valence-corrected chi connectivity index (χ2v) is 8.80. The molecule has 3 fully saturated rings. The number of nitrogens with two attached hydrogens (primary N) is 1. The third-order valence-electron chi connectivity index (χ3n) is 7.13. The standard InChI is InChI=1S/C22H28N4O4/c23-21(28)22-6-4-15(14-22)13-17(22)30-20(27)19-16-3-1-2-7-26(16)18(24-19)5-8-25-9-11-29-12-10-25/h1-3,7,15,17H,4-6,8-14H2,(H2,23,28). The quantitative estimate of drug-likeness (QED) is 0.721. The highest BCUT2D eigenvalue weighted by atomic mass is 16.5. The molecule has 2 aromatic rings. The fraction of sp³-hybridized carbons (Fsp3) is 0.591. The molecule has 8 heteroatoms. The molecule has 30 heavy (non-hydrogen) atoms. The van der Waals surface area contributed by atoms with Crippen LogP contribution in [0, 0.1) is 11.3 Å². The maximum absolute atomic E-state index is 13.1. The van der Waals surface area contributed by atoms with E-state index in [-0.39, 0.29) is 5.91 Å². The number of nitrogens with zero attached hydrogens (tertiary/aromatic N) is 3. The van der Waals surface area contributed by atoms with Crippen molar-refractivity contribution < 1.29 is 19.1 Å². The number of carbonyl (C=O) groups excluding carboxylic acids is 2. The van der Waals surface area contributed by atoms with Crippen molar-refractivity contribution in [3.63, 3.8) is 0 Å². The van der Waals surface area contributed by atoms with Gasteiger partial charge in [0, 0.05) is 32.3 Å². The zero-order valence-electron chi connectivity index (χ0n) is 17.1. The molecule has 0 spiro atoms. The number of primary amides is 1. The molecule has 2 bridgehead atoms. The summed E-state index contributed by atoms with van der Waals surface area (Å²) in [6.45, 7) is 4.20. The van der Waals surface area contributed by atoms with Gasteiger partial charge in [-0.2, -0.15) is 0 Å². The lowest BCUT2D eigenvalue weighted by Gasteiger charge is -2.31. The fourth-order valence-corrected chi connectivity index (χ4v) is 5.44. The average molecular weight is 412 g/mol. The molecule has 3 aliphatic rings. The summed E-state index contributed by atoms with van der Waals surface area (Å²) in [5.74, 6) is 0.440. The number of ether oxygens (including phenoxy) is 2. The van der Waals surface area contributed by atoms with E-state index in [2.05, 4.69) is 9.88 Å². The minimum atomic E-state index is -0.699. The predicted molar refractivity (Wildman–Crippen MR) is 109 cm³/mol. The van der Waals surface area contributed by atoms with E-state index >= 15 is 0 Å². The van der Waals surface area contributed by atoms with Gasteiger partial charge in [-0.1, -0.05) is 6.07 Å². The summed E-state index contributed by atoms with van der Waals surface area (Å²) in [4.78, 5) is 32.3. The minimum absolute atomic E-state index is 0.315. The smallest absolute Gasteiger partial charge is 0.359 e. The molecule has 160 valence electrons. The van der Waals surface area contributed by atoms with Gasteiger partial charge in [0.1, 0.15) is 11.9 Å². The molecule has 0 radical (unpaired) electrons. The molecule has 5 rings (SSSR count). The number of hydrogen-bond donors (Lipinski definition) is 1. The van der Waals surface area contributed by atoms with Crippen LogP contribution in [0.3, 0.4) is 0 Å². The maximum atomic E-state index is 13.1. The van der Waals surface area contributed by atoms with E-state index in [4.69, 9.17) is 15.2 Å². The summed E-state index contributed by atoms with van der Waals surface area (Å²) >= 11 is 0. The monoisotopic (exact) mass is 412 g/mol. The second kappa shape index (κ2) is 7.67. The summed E-state index contributed by atoms with van der Waals surface area (Å²) in [7, 11) is 0. The summed E-state index contributed by atoms with van der Waals surface area (Å²) in [5, 5.41) is 0. The summed E-state index contributed by atoms with van der Waals surface area (Å²) in [6, 6.07) is 5.70. The van der Waals surface area contributed by atoms with Crippen LogP contribution in [0.25, 0.3) is 5.52 Å². The van der Waals surface area contributed by atoms with Gasteiger partial charge >= 0.3 is 5.97 Å². The number of carbonyl (C=O) groups is 2. The number of pyridine rings is 1. The zero-order chi connectivity index (χ0) is 20.7. The number of amides is 1. The molecule has 3 atom stereocenters. The fourth-order valence-electron chi connectivity index (χ4n) is 5.44. The van der Waals surface area contributed by atoms with E-state index in [0.29, 0.717) is 24.5 Å². The van der Waals surface area contributed by atoms with Crippen LogP contribution in [-0.2, 0) is 20.7 Å². The lowest BCUT2D eigenvalue weighted by atomic mass is 9.81. The van der Waals surface area contributed by atoms with Crippen molar-refractivity contribution in [2.45, 2.75) is 38.2 Å². The number of rotatable bonds is 6. The van der Waals surface area contributed by atoms with Gasteiger partial charge in [0.15, 0.2) is 5.69 Å². The van der Waals surface area contributed by atoms with Crippen molar-refractivity contribution in [2.75, 3.05) is 32.8 Å². The minimum Gasteiger partial charge on any atom is -0.456 e. The molecule has 2 saturated carbocycles. The third-order valence-corrected chi connectivity index (χ3v) is 7.13. The van der Waals surface area contributed by atoms with E-state index < -0.39 is 17.5 Å². The van der Waals surface area contributed by atoms with E-state index in [1.165, 1.54) is 0 Å². The number of fused-ring (bicyclic) bond motifs is 3. The van der Waals surface area contributed by atoms with Crippen LogP contribution < -0.4 is 5.73 Å². The van der Waals surface area contributed by atoms with Gasteiger partial charge < -0.3 is 19.6 Å². The van der Waals surface area contributed by atoms with E-state index in [1.807, 2.05) is 28.8 Å². The summed E-state index contributed by atoms with van der Waals surface area (Å²) in [5.41, 5.74) is 6.06. The van der Waals surface area contributed by atoms with Crippen molar-refractivity contribution in [3.8, 4) is 0 Å². The second-order valence-electron chi connectivity index (χ2n) is 8.80. The number of aromatic nitrogens is 2. The Balaban J connectivity index is 1.36. The van der Waals surface area contributed by atoms with Gasteiger partial charge in [-0.25, -0.2) is 9.78 Å². The van der Waals surface area contributed by atoms with Crippen molar-refractivity contribution in [1.29, 1.82) is 0 Å². The third kappa shape index (κ3) is 3.28. The number of imidazole rings is 1. The molecule has 1 amide bonds. The molecule has 3 unspecified atom stereocenters. The van der Waals surface area contributed by atoms with Crippen LogP contribution in [-0.4, -0.2) is 65.1 Å². The van der Waals surface area contributed by atoms with Crippen molar-refractivity contribution in [3.05, 3.63) is 35.9 Å². The van der Waals surface area contributed by atoms with Gasteiger partial charge in [0.05, 0.1) is 24.1 Å². The Kier molecular flexibility index (Phi) is 4.99. The first-order chi connectivity index (χ1) is 14.6. The van der Waals surface area contributed by atoms with Gasteiger partial charge in [0.25, 0.3) is 0 Å². The first-order valence-corrected chi connectivity index (χ1v) is 10.8. The number of hydrogen-bond acceptors (Lipinski definition) is 6. The molecular formula is C22H28N4O4. The topological polar surface area (TPSA) is 99.2 Å². The van der Waals surface area contributed by atoms with Gasteiger partial charge in [-0.05, 0) is 43.7 Å². The Hall–Kier alpha value is -2.45. The summed E-state index contributed by atoms with van der Waals surface area (Å²) < 4.78 is 13.2. The normalized spacial score (nSPS) is 28.8. The lowest BCUT2D eigenvalue weighted by Crippen LogP contribution is -2.44. The first kappa shape index (κ1) is 19.5. The zero-order valence-corrected chi connectivity index (χ0v) is 17.1. The Morgan fingerprint density at radius 2 is 2.13 bits per heavy atom. The highest BCUT2D eigenvalue weighted by Crippen LogP contribution is 2.55. The predicted octanol–water partition coefficient (Wildman–Crippen LogP) is 1.41. The SMILES string of the molecule is NC(=O)C12CCC(CC1OC(=O)c1nc(CCN3CCOCC3)n3ccccc13)C2.